The molecular weight excluding hydrogens is 224 g/mol. The Kier molecular flexibility index (Phi) is 1.84. The van der Waals surface area contributed by atoms with Gasteiger partial charge in [0.1, 0.15) is 23.4 Å². The number of hydrogen-bond donors (Lipinski definition) is 1. The first kappa shape index (κ1) is 7.73. The first-order valence-corrected chi connectivity index (χ1v) is 4.35. The monoisotopic (exact) mass is 230 g/mol. The Morgan fingerprint density at radius 1 is 1.25 bits per heavy atom. The molecule has 1 aliphatic heterocycles. The molecule has 0 saturated heterocycles. The maximum Gasteiger partial charge on any atom is 0.179 e. The van der Waals surface area contributed by atoms with E-state index >= 15 is 0 Å². The quantitative estimate of drug-likeness (QED) is 0.741. The molecule has 1 aromatic rings. The first-order chi connectivity index (χ1) is 5.79. The van der Waals surface area contributed by atoms with E-state index in [1.165, 1.54) is 0 Å². The van der Waals surface area contributed by atoms with Crippen molar-refractivity contribution >= 4 is 15.9 Å². The molecule has 1 heterocycles. The predicted molar refractivity (Wildman–Crippen MR) is 46.8 cm³/mol. The summed E-state index contributed by atoms with van der Waals surface area (Å²) in [5.74, 6) is 1.42. The number of benzene rings is 1. The molecule has 0 fully saturated rings. The normalized spacial score (nSPS) is 14.4. The summed E-state index contributed by atoms with van der Waals surface area (Å²) < 4.78 is 11.2. The molecule has 1 aromatic carbocycles. The Balaban J connectivity index is 2.54. The number of ether oxygens (including phenoxy) is 2. The van der Waals surface area contributed by atoms with Gasteiger partial charge < -0.3 is 14.6 Å². The van der Waals surface area contributed by atoms with E-state index in [9.17, 15) is 5.11 Å². The van der Waals surface area contributed by atoms with Crippen LogP contribution in [-0.2, 0) is 0 Å². The molecular formula is C8H7BrO3. The molecule has 0 radical (unpaired) electrons. The van der Waals surface area contributed by atoms with Crippen molar-refractivity contribution in [2.45, 2.75) is 0 Å². The van der Waals surface area contributed by atoms with Crippen molar-refractivity contribution in [2.24, 2.45) is 0 Å². The van der Waals surface area contributed by atoms with Gasteiger partial charge in [0.15, 0.2) is 11.5 Å². The summed E-state index contributed by atoms with van der Waals surface area (Å²) in [4.78, 5) is 0. The average Bonchev–Trinajstić information content (AvgIpc) is 2.12. The maximum atomic E-state index is 9.29. The largest absolute Gasteiger partial charge is 0.507 e. The zero-order chi connectivity index (χ0) is 8.55. The molecule has 1 aliphatic rings. The summed E-state index contributed by atoms with van der Waals surface area (Å²) >= 11 is 3.21. The van der Waals surface area contributed by atoms with Crippen LogP contribution >= 0.6 is 15.9 Å². The number of halogens is 1. The summed E-state index contributed by atoms with van der Waals surface area (Å²) in [5.41, 5.74) is 0. The van der Waals surface area contributed by atoms with Gasteiger partial charge in [0.05, 0.1) is 0 Å². The van der Waals surface area contributed by atoms with Gasteiger partial charge in [0.2, 0.25) is 0 Å². The number of phenols is 1. The summed E-state index contributed by atoms with van der Waals surface area (Å²) in [6.45, 7) is 1.08. The van der Waals surface area contributed by atoms with E-state index in [1.807, 2.05) is 0 Å². The molecule has 0 unspecified atom stereocenters. The molecule has 1 N–H and O–H groups in total. The lowest BCUT2D eigenvalue weighted by Crippen LogP contribution is -2.15. The lowest BCUT2D eigenvalue weighted by atomic mass is 10.3. The van der Waals surface area contributed by atoms with Crippen LogP contribution in [0.2, 0.25) is 0 Å². The number of hydrogen-bond acceptors (Lipinski definition) is 3. The van der Waals surface area contributed by atoms with E-state index in [-0.39, 0.29) is 5.75 Å². The molecule has 0 spiro atoms. The molecule has 2 rings (SSSR count). The van der Waals surface area contributed by atoms with Crippen LogP contribution in [0, 0.1) is 0 Å². The summed E-state index contributed by atoms with van der Waals surface area (Å²) in [6, 6.07) is 3.26. The maximum absolute atomic E-state index is 9.29. The Bertz CT molecular complexity index is 311. The number of rotatable bonds is 0. The van der Waals surface area contributed by atoms with Crippen LogP contribution < -0.4 is 9.47 Å². The zero-order valence-electron chi connectivity index (χ0n) is 6.21. The van der Waals surface area contributed by atoms with Crippen molar-refractivity contribution in [3.05, 3.63) is 16.6 Å². The van der Waals surface area contributed by atoms with Crippen molar-refractivity contribution in [2.75, 3.05) is 13.2 Å². The Labute approximate surface area is 78.0 Å². The topological polar surface area (TPSA) is 38.7 Å². The van der Waals surface area contributed by atoms with Gasteiger partial charge in [0.25, 0.3) is 0 Å². The smallest absolute Gasteiger partial charge is 0.179 e. The number of aromatic hydroxyl groups is 1. The van der Waals surface area contributed by atoms with Gasteiger partial charge in [-0.15, -0.1) is 0 Å². The van der Waals surface area contributed by atoms with Crippen LogP contribution in [0.1, 0.15) is 0 Å². The van der Waals surface area contributed by atoms with Gasteiger partial charge in [-0.25, -0.2) is 0 Å². The highest BCUT2D eigenvalue weighted by Gasteiger charge is 2.16. The van der Waals surface area contributed by atoms with Gasteiger partial charge >= 0.3 is 0 Å². The highest BCUT2D eigenvalue weighted by Crippen LogP contribution is 2.42. The average molecular weight is 231 g/mol. The second-order valence-electron chi connectivity index (χ2n) is 2.42. The van der Waals surface area contributed by atoms with E-state index in [0.717, 1.165) is 0 Å². The van der Waals surface area contributed by atoms with Crippen LogP contribution in [0.15, 0.2) is 16.6 Å². The van der Waals surface area contributed by atoms with E-state index in [2.05, 4.69) is 15.9 Å². The number of phenolic OH excluding ortho intramolecular Hbond substituents is 1. The van der Waals surface area contributed by atoms with Crippen LogP contribution in [0.25, 0.3) is 0 Å². The summed E-state index contributed by atoms with van der Waals surface area (Å²) in [5, 5.41) is 9.29. The number of fused-ring (bicyclic) bond motifs is 1. The van der Waals surface area contributed by atoms with E-state index in [0.29, 0.717) is 29.2 Å². The molecule has 0 amide bonds. The fourth-order valence-corrected chi connectivity index (χ4v) is 1.51. The molecule has 0 aliphatic carbocycles. The third kappa shape index (κ3) is 1.12. The van der Waals surface area contributed by atoms with Crippen LogP contribution in [0.5, 0.6) is 17.2 Å². The highest BCUT2D eigenvalue weighted by atomic mass is 79.9. The van der Waals surface area contributed by atoms with Crippen molar-refractivity contribution in [3.8, 4) is 17.2 Å². The lowest BCUT2D eigenvalue weighted by Gasteiger charge is -2.19. The third-order valence-electron chi connectivity index (χ3n) is 1.63. The predicted octanol–water partition coefficient (Wildman–Crippen LogP) is 1.93. The molecule has 64 valence electrons. The van der Waals surface area contributed by atoms with E-state index in [4.69, 9.17) is 9.47 Å². The molecule has 4 heteroatoms. The minimum absolute atomic E-state index is 0.166. The zero-order valence-corrected chi connectivity index (χ0v) is 7.80. The van der Waals surface area contributed by atoms with Gasteiger partial charge in [0, 0.05) is 0 Å². The van der Waals surface area contributed by atoms with Crippen molar-refractivity contribution in [3.63, 3.8) is 0 Å². The lowest BCUT2D eigenvalue weighted by molar-refractivity contribution is 0.169. The molecule has 0 saturated carbocycles. The van der Waals surface area contributed by atoms with Crippen molar-refractivity contribution in [1.82, 2.24) is 0 Å². The summed E-state index contributed by atoms with van der Waals surface area (Å²) in [7, 11) is 0. The standard InChI is InChI=1S/C8H7BrO3/c9-7-5(10)1-2-6-8(7)12-4-3-11-6/h1-2,10H,3-4H2. The Morgan fingerprint density at radius 2 is 2.00 bits per heavy atom. The molecule has 3 nitrogen and oxygen atoms in total. The van der Waals surface area contributed by atoms with Gasteiger partial charge in [-0.05, 0) is 28.1 Å². The van der Waals surface area contributed by atoms with Gasteiger partial charge in [-0.1, -0.05) is 0 Å². The molecule has 12 heavy (non-hydrogen) atoms. The van der Waals surface area contributed by atoms with Crippen LogP contribution in [0.4, 0.5) is 0 Å². The SMILES string of the molecule is Oc1ccc2c(c1Br)OCCO2. The highest BCUT2D eigenvalue weighted by molar-refractivity contribution is 9.10. The fourth-order valence-electron chi connectivity index (χ4n) is 1.07. The Morgan fingerprint density at radius 3 is 2.83 bits per heavy atom. The second-order valence-corrected chi connectivity index (χ2v) is 3.22. The molecule has 0 aromatic heterocycles. The Hall–Kier alpha value is -0.900. The van der Waals surface area contributed by atoms with E-state index in [1.54, 1.807) is 12.1 Å². The third-order valence-corrected chi connectivity index (χ3v) is 2.39. The fraction of sp³-hybridized carbons (Fsp3) is 0.250. The van der Waals surface area contributed by atoms with Crippen molar-refractivity contribution in [1.29, 1.82) is 0 Å². The first-order valence-electron chi connectivity index (χ1n) is 3.56. The van der Waals surface area contributed by atoms with Crippen LogP contribution in [0.3, 0.4) is 0 Å². The van der Waals surface area contributed by atoms with Gasteiger partial charge in [-0.2, -0.15) is 0 Å². The van der Waals surface area contributed by atoms with E-state index < -0.39 is 0 Å². The minimum Gasteiger partial charge on any atom is -0.507 e. The van der Waals surface area contributed by atoms with Gasteiger partial charge in [-0.3, -0.25) is 0 Å². The van der Waals surface area contributed by atoms with Crippen molar-refractivity contribution < 1.29 is 14.6 Å². The summed E-state index contributed by atoms with van der Waals surface area (Å²) in [6.07, 6.45) is 0. The second kappa shape index (κ2) is 2.86. The minimum atomic E-state index is 0.166. The molecule has 0 bridgehead atoms. The molecule has 0 atom stereocenters. The van der Waals surface area contributed by atoms with Crippen LogP contribution in [-0.4, -0.2) is 18.3 Å².